The summed E-state index contributed by atoms with van der Waals surface area (Å²) in [5.74, 6) is -0.258. The van der Waals surface area contributed by atoms with Crippen LogP contribution in [-0.2, 0) is 20.7 Å². The van der Waals surface area contributed by atoms with Gasteiger partial charge in [0.1, 0.15) is 0 Å². The van der Waals surface area contributed by atoms with E-state index < -0.39 is 5.79 Å². The molecule has 0 saturated carbocycles. The average Bonchev–Trinajstić information content (AvgIpc) is 3.35. The Morgan fingerprint density at radius 2 is 2.08 bits per heavy atom. The van der Waals surface area contributed by atoms with Crippen molar-refractivity contribution >= 4 is 33.7 Å². The highest BCUT2D eigenvalue weighted by atomic mass is 32.1. The molecule has 4 heterocycles. The van der Waals surface area contributed by atoms with Crippen molar-refractivity contribution < 1.29 is 14.3 Å². The van der Waals surface area contributed by atoms with Gasteiger partial charge >= 0.3 is 0 Å². The van der Waals surface area contributed by atoms with E-state index in [4.69, 9.17) is 15.2 Å². The Labute approximate surface area is 154 Å². The Bertz CT molecular complexity index is 728. The number of hydrogen-bond donors (Lipinski definition) is 1. The molecule has 2 aliphatic rings. The summed E-state index contributed by atoms with van der Waals surface area (Å²) in [6.45, 7) is 2.71. The fourth-order valence-corrected chi connectivity index (χ4v) is 5.06. The second kappa shape index (κ2) is 7.03. The van der Waals surface area contributed by atoms with Crippen LogP contribution >= 0.6 is 22.7 Å². The van der Waals surface area contributed by atoms with E-state index in [9.17, 15) is 4.79 Å². The molecule has 1 amide bonds. The number of rotatable bonds is 4. The molecule has 0 unspecified atom stereocenters. The molecule has 6 nitrogen and oxygen atoms in total. The summed E-state index contributed by atoms with van der Waals surface area (Å²) >= 11 is 3.12. The van der Waals surface area contributed by atoms with Crippen LogP contribution in [0.1, 0.15) is 24.1 Å². The van der Waals surface area contributed by atoms with Crippen LogP contribution in [0, 0.1) is 0 Å². The molecular weight excluding hydrogens is 358 g/mol. The van der Waals surface area contributed by atoms with Gasteiger partial charge in [-0.15, -0.1) is 22.7 Å². The fourth-order valence-electron chi connectivity index (χ4n) is 3.41. The minimum atomic E-state index is -0.435. The van der Waals surface area contributed by atoms with E-state index in [1.807, 2.05) is 22.4 Å². The smallest absolute Gasteiger partial charge is 0.222 e. The number of likely N-dealkylation sites (tertiary alicyclic amines) is 1. The molecular formula is C17H21N3O3S2. The first-order chi connectivity index (χ1) is 12.2. The monoisotopic (exact) mass is 379 g/mol. The number of aromatic nitrogens is 1. The van der Waals surface area contributed by atoms with Gasteiger partial charge < -0.3 is 20.1 Å². The lowest BCUT2D eigenvalue weighted by atomic mass is 10.0. The molecule has 8 heteroatoms. The molecule has 0 atom stereocenters. The van der Waals surface area contributed by atoms with Crippen LogP contribution in [0.4, 0.5) is 5.13 Å². The van der Waals surface area contributed by atoms with Gasteiger partial charge in [0.2, 0.25) is 5.91 Å². The number of nitrogen functional groups attached to an aromatic ring is 1. The lowest BCUT2D eigenvalue weighted by Gasteiger charge is -2.37. The molecule has 25 heavy (non-hydrogen) atoms. The molecule has 4 rings (SSSR count). The summed E-state index contributed by atoms with van der Waals surface area (Å²) in [5, 5.41) is 2.58. The molecule has 2 aromatic rings. The van der Waals surface area contributed by atoms with Crippen molar-refractivity contribution in [3.8, 4) is 10.6 Å². The van der Waals surface area contributed by atoms with Gasteiger partial charge in [-0.25, -0.2) is 4.98 Å². The van der Waals surface area contributed by atoms with Gasteiger partial charge in [-0.05, 0) is 17.9 Å². The first kappa shape index (κ1) is 17.0. The zero-order chi connectivity index (χ0) is 17.3. The summed E-state index contributed by atoms with van der Waals surface area (Å²) in [6.07, 6.45) is 2.67. The lowest BCUT2D eigenvalue weighted by molar-refractivity contribution is -0.187. The molecule has 2 aliphatic heterocycles. The van der Waals surface area contributed by atoms with Gasteiger partial charge in [0.15, 0.2) is 10.9 Å². The third-order valence-corrected chi connectivity index (χ3v) is 6.55. The number of anilines is 1. The van der Waals surface area contributed by atoms with Gasteiger partial charge in [-0.1, -0.05) is 6.07 Å². The van der Waals surface area contributed by atoms with Crippen molar-refractivity contribution in [3.05, 3.63) is 22.4 Å². The third kappa shape index (κ3) is 3.57. The zero-order valence-corrected chi connectivity index (χ0v) is 15.5. The molecule has 2 N–H and O–H groups in total. The van der Waals surface area contributed by atoms with Crippen molar-refractivity contribution in [1.29, 1.82) is 0 Å². The number of aryl methyl sites for hydroxylation is 1. The number of thiophene rings is 1. The minimum Gasteiger partial charge on any atom is -0.375 e. The number of thiazole rings is 1. The van der Waals surface area contributed by atoms with Gasteiger partial charge in [-0.2, -0.15) is 0 Å². The highest BCUT2D eigenvalue weighted by Gasteiger charge is 2.40. The number of ether oxygens (including phenoxy) is 2. The predicted octanol–water partition coefficient (Wildman–Crippen LogP) is 2.75. The standard InChI is InChI=1S/C17H21N3O3S2/c18-16-19-15(12-2-1-11-24-12)13(25-16)3-4-14(21)20-7-5-17(6-8-20)22-9-10-23-17/h1-2,11H,3-10H2,(H2,18,19). The first-order valence-corrected chi connectivity index (χ1v) is 10.2. The van der Waals surface area contributed by atoms with E-state index in [2.05, 4.69) is 4.98 Å². The maximum atomic E-state index is 12.6. The van der Waals surface area contributed by atoms with Crippen LogP contribution in [0.5, 0.6) is 0 Å². The van der Waals surface area contributed by atoms with Crippen LogP contribution in [0.2, 0.25) is 0 Å². The maximum Gasteiger partial charge on any atom is 0.222 e. The van der Waals surface area contributed by atoms with E-state index in [-0.39, 0.29) is 5.91 Å². The van der Waals surface area contributed by atoms with Gasteiger partial charge in [0.05, 0.1) is 23.8 Å². The van der Waals surface area contributed by atoms with E-state index >= 15 is 0 Å². The normalized spacial score (nSPS) is 19.6. The highest BCUT2D eigenvalue weighted by molar-refractivity contribution is 7.17. The van der Waals surface area contributed by atoms with Crippen LogP contribution in [0.25, 0.3) is 10.6 Å². The molecule has 0 bridgehead atoms. The molecule has 0 aromatic carbocycles. The number of hydrogen-bond acceptors (Lipinski definition) is 7. The highest BCUT2D eigenvalue weighted by Crippen LogP contribution is 2.34. The molecule has 2 aromatic heterocycles. The van der Waals surface area contributed by atoms with Gasteiger partial charge in [-0.3, -0.25) is 4.79 Å². The maximum absolute atomic E-state index is 12.6. The number of nitrogens with zero attached hydrogens (tertiary/aromatic N) is 2. The Morgan fingerprint density at radius 1 is 1.32 bits per heavy atom. The largest absolute Gasteiger partial charge is 0.375 e. The molecule has 134 valence electrons. The van der Waals surface area contributed by atoms with Crippen molar-refractivity contribution in [2.75, 3.05) is 32.0 Å². The topological polar surface area (TPSA) is 77.7 Å². The van der Waals surface area contributed by atoms with Gasteiger partial charge in [0.25, 0.3) is 0 Å². The Morgan fingerprint density at radius 3 is 2.76 bits per heavy atom. The zero-order valence-electron chi connectivity index (χ0n) is 13.9. The number of carbonyl (C=O) groups is 1. The average molecular weight is 380 g/mol. The van der Waals surface area contributed by atoms with Crippen LogP contribution < -0.4 is 5.73 Å². The van der Waals surface area contributed by atoms with Crippen molar-refractivity contribution in [2.24, 2.45) is 0 Å². The lowest BCUT2D eigenvalue weighted by Crippen LogP contribution is -2.47. The molecule has 0 aliphatic carbocycles. The molecule has 2 saturated heterocycles. The van der Waals surface area contributed by atoms with E-state index in [0.717, 1.165) is 28.3 Å². The third-order valence-electron chi connectivity index (χ3n) is 4.73. The summed E-state index contributed by atoms with van der Waals surface area (Å²) in [7, 11) is 0. The van der Waals surface area contributed by atoms with E-state index in [1.165, 1.54) is 11.3 Å². The van der Waals surface area contributed by atoms with Crippen LogP contribution in [0.15, 0.2) is 17.5 Å². The SMILES string of the molecule is Nc1nc(-c2cccs2)c(CCC(=O)N2CCC3(CC2)OCCO3)s1. The second-order valence-electron chi connectivity index (χ2n) is 6.29. The van der Waals surface area contributed by atoms with Crippen molar-refractivity contribution in [1.82, 2.24) is 9.88 Å². The summed E-state index contributed by atoms with van der Waals surface area (Å²) < 4.78 is 11.4. The van der Waals surface area contributed by atoms with E-state index in [0.29, 0.717) is 44.3 Å². The van der Waals surface area contributed by atoms with Crippen molar-refractivity contribution in [3.63, 3.8) is 0 Å². The number of nitrogens with two attached hydrogens (primary N) is 1. The molecule has 0 radical (unpaired) electrons. The number of carbonyl (C=O) groups excluding carboxylic acids is 1. The second-order valence-corrected chi connectivity index (χ2v) is 8.35. The molecule has 2 fully saturated rings. The minimum absolute atomic E-state index is 0.178. The van der Waals surface area contributed by atoms with Crippen molar-refractivity contribution in [2.45, 2.75) is 31.5 Å². The summed E-state index contributed by atoms with van der Waals surface area (Å²) in [5.41, 5.74) is 6.82. The van der Waals surface area contributed by atoms with E-state index in [1.54, 1.807) is 11.3 Å². The van der Waals surface area contributed by atoms with Gasteiger partial charge in [0, 0.05) is 37.2 Å². The molecule has 1 spiro atoms. The first-order valence-electron chi connectivity index (χ1n) is 8.50. The summed E-state index contributed by atoms with van der Waals surface area (Å²) in [6, 6.07) is 4.04. The Hall–Kier alpha value is -1.48. The number of piperidine rings is 1. The predicted molar refractivity (Wildman–Crippen MR) is 98.6 cm³/mol. The fraction of sp³-hybridized carbons (Fsp3) is 0.529. The quantitative estimate of drug-likeness (QED) is 0.884. The Balaban J connectivity index is 1.35. The van der Waals surface area contributed by atoms with Crippen LogP contribution in [0.3, 0.4) is 0 Å². The summed E-state index contributed by atoms with van der Waals surface area (Å²) in [4.78, 5) is 21.1. The Kier molecular flexibility index (Phi) is 4.77. The number of amides is 1. The van der Waals surface area contributed by atoms with Crippen LogP contribution in [-0.4, -0.2) is 47.9 Å².